The topological polar surface area (TPSA) is 40.6 Å². The van der Waals surface area contributed by atoms with E-state index in [1.807, 2.05) is 16.7 Å². The summed E-state index contributed by atoms with van der Waals surface area (Å²) >= 11 is 5.60. The Morgan fingerprint density at radius 2 is 1.61 bits per heavy atom. The number of nitrogens with zero attached hydrogens (tertiary/aromatic N) is 2. The van der Waals surface area contributed by atoms with Crippen LogP contribution in [0.3, 0.4) is 0 Å². The summed E-state index contributed by atoms with van der Waals surface area (Å²) in [5.41, 5.74) is 0. The van der Waals surface area contributed by atoms with Crippen molar-refractivity contribution in [3.63, 3.8) is 0 Å². The van der Waals surface area contributed by atoms with Crippen molar-refractivity contribution in [2.75, 3.05) is 32.1 Å². The van der Waals surface area contributed by atoms with Crippen LogP contribution >= 0.6 is 11.6 Å². The first-order valence-electron chi connectivity index (χ1n) is 6.80. The third kappa shape index (κ3) is 4.84. The number of alkyl halides is 1. The largest absolute Gasteiger partial charge is 0.341 e. The van der Waals surface area contributed by atoms with Crippen LogP contribution in [0.1, 0.15) is 39.0 Å². The van der Waals surface area contributed by atoms with Crippen LogP contribution in [0.5, 0.6) is 0 Å². The molecule has 1 aliphatic rings. The molecule has 0 unspecified atom stereocenters. The Morgan fingerprint density at radius 3 is 2.17 bits per heavy atom. The van der Waals surface area contributed by atoms with Crippen LogP contribution < -0.4 is 0 Å². The van der Waals surface area contributed by atoms with Gasteiger partial charge in [0.1, 0.15) is 0 Å². The summed E-state index contributed by atoms with van der Waals surface area (Å²) in [6.45, 7) is 4.77. The van der Waals surface area contributed by atoms with Gasteiger partial charge in [-0.15, -0.1) is 11.6 Å². The molecule has 0 radical (unpaired) electrons. The van der Waals surface area contributed by atoms with E-state index < -0.39 is 0 Å². The lowest BCUT2D eigenvalue weighted by molar-refractivity contribution is -0.133. The van der Waals surface area contributed by atoms with Gasteiger partial charge in [-0.2, -0.15) is 0 Å². The average molecular weight is 275 g/mol. The van der Waals surface area contributed by atoms with Crippen molar-refractivity contribution in [2.45, 2.75) is 39.0 Å². The van der Waals surface area contributed by atoms with E-state index in [9.17, 15) is 9.59 Å². The quantitative estimate of drug-likeness (QED) is 0.567. The predicted molar refractivity (Wildman–Crippen MR) is 72.6 cm³/mol. The van der Waals surface area contributed by atoms with Crippen LogP contribution in [0, 0.1) is 0 Å². The summed E-state index contributed by atoms with van der Waals surface area (Å²) in [7, 11) is 0. The van der Waals surface area contributed by atoms with Gasteiger partial charge >= 0.3 is 0 Å². The number of amides is 2. The minimum atomic E-state index is 0.187. The summed E-state index contributed by atoms with van der Waals surface area (Å²) < 4.78 is 0. The number of hydrogen-bond acceptors (Lipinski definition) is 2. The molecule has 1 rings (SSSR count). The maximum absolute atomic E-state index is 12.0. The second kappa shape index (κ2) is 8.35. The molecule has 1 aliphatic heterocycles. The number of carbonyl (C=O) groups excluding carboxylic acids is 2. The van der Waals surface area contributed by atoms with Crippen LogP contribution in [-0.2, 0) is 9.59 Å². The molecule has 0 saturated carbocycles. The van der Waals surface area contributed by atoms with E-state index in [1.54, 1.807) is 0 Å². The molecule has 0 bridgehead atoms. The molecule has 5 heteroatoms. The van der Waals surface area contributed by atoms with Crippen molar-refractivity contribution < 1.29 is 9.59 Å². The minimum absolute atomic E-state index is 0.187. The lowest BCUT2D eigenvalue weighted by atomic mass is 10.2. The van der Waals surface area contributed by atoms with Crippen LogP contribution in [-0.4, -0.2) is 53.7 Å². The summed E-state index contributed by atoms with van der Waals surface area (Å²) in [6.07, 6.45) is 3.75. The zero-order chi connectivity index (χ0) is 13.4. The molecule has 0 spiro atoms. The summed E-state index contributed by atoms with van der Waals surface area (Å²) in [5, 5.41) is 0. The Labute approximate surface area is 114 Å². The van der Waals surface area contributed by atoms with Crippen LogP contribution in [0.2, 0.25) is 0 Å². The van der Waals surface area contributed by atoms with Crippen LogP contribution in [0.25, 0.3) is 0 Å². The van der Waals surface area contributed by atoms with Crippen molar-refractivity contribution in [1.29, 1.82) is 0 Å². The fourth-order valence-electron chi connectivity index (χ4n) is 2.17. The predicted octanol–water partition coefficient (Wildman–Crippen LogP) is 1.87. The van der Waals surface area contributed by atoms with E-state index in [2.05, 4.69) is 0 Å². The van der Waals surface area contributed by atoms with Crippen molar-refractivity contribution in [2.24, 2.45) is 0 Å². The Morgan fingerprint density at radius 1 is 1.00 bits per heavy atom. The highest BCUT2D eigenvalue weighted by Gasteiger charge is 2.20. The maximum Gasteiger partial charge on any atom is 0.222 e. The molecule has 0 aromatic heterocycles. The molecule has 1 heterocycles. The second-order valence-corrected chi connectivity index (χ2v) is 4.99. The monoisotopic (exact) mass is 274 g/mol. The number of rotatable bonds is 5. The molecule has 1 saturated heterocycles. The number of unbranched alkanes of at least 4 members (excludes halogenated alkanes) is 1. The SMILES string of the molecule is CCC(=O)N1CCCN(C(=O)CCCCCl)CC1. The highest BCUT2D eigenvalue weighted by molar-refractivity contribution is 6.17. The molecular weight excluding hydrogens is 252 g/mol. The van der Waals surface area contributed by atoms with E-state index in [0.717, 1.165) is 32.4 Å². The Kier molecular flexibility index (Phi) is 7.09. The molecule has 2 amide bonds. The normalized spacial score (nSPS) is 16.6. The molecule has 0 atom stereocenters. The standard InChI is InChI=1S/C13H23ClN2O2/c1-2-12(17)15-8-5-9-16(11-10-15)13(18)6-3-4-7-14/h2-11H2,1H3. The van der Waals surface area contributed by atoms with E-state index in [0.29, 0.717) is 31.8 Å². The van der Waals surface area contributed by atoms with E-state index in [4.69, 9.17) is 11.6 Å². The highest BCUT2D eigenvalue weighted by atomic mass is 35.5. The second-order valence-electron chi connectivity index (χ2n) is 4.61. The van der Waals surface area contributed by atoms with Crippen LogP contribution in [0.4, 0.5) is 0 Å². The van der Waals surface area contributed by atoms with Gasteiger partial charge in [-0.1, -0.05) is 6.92 Å². The molecule has 104 valence electrons. The molecule has 0 aromatic rings. The zero-order valence-electron chi connectivity index (χ0n) is 11.2. The fraction of sp³-hybridized carbons (Fsp3) is 0.846. The number of halogens is 1. The van der Waals surface area contributed by atoms with Gasteiger partial charge in [-0.25, -0.2) is 0 Å². The van der Waals surface area contributed by atoms with Crippen molar-refractivity contribution in [3.05, 3.63) is 0 Å². The fourth-order valence-corrected chi connectivity index (χ4v) is 2.36. The number of hydrogen-bond donors (Lipinski definition) is 0. The molecule has 0 aromatic carbocycles. The van der Waals surface area contributed by atoms with Gasteiger partial charge in [-0.3, -0.25) is 9.59 Å². The summed E-state index contributed by atoms with van der Waals surface area (Å²) in [5.74, 6) is 1.00. The Hall–Kier alpha value is -0.770. The summed E-state index contributed by atoms with van der Waals surface area (Å²) in [6, 6.07) is 0. The van der Waals surface area contributed by atoms with Crippen molar-refractivity contribution >= 4 is 23.4 Å². The van der Waals surface area contributed by atoms with E-state index in [-0.39, 0.29) is 11.8 Å². The zero-order valence-corrected chi connectivity index (χ0v) is 11.9. The number of carbonyl (C=O) groups is 2. The Balaban J connectivity index is 2.36. The van der Waals surface area contributed by atoms with E-state index in [1.165, 1.54) is 0 Å². The molecule has 0 aliphatic carbocycles. The average Bonchev–Trinajstić information content (AvgIpc) is 2.63. The third-order valence-electron chi connectivity index (χ3n) is 3.28. The van der Waals surface area contributed by atoms with Crippen molar-refractivity contribution in [1.82, 2.24) is 9.80 Å². The van der Waals surface area contributed by atoms with E-state index >= 15 is 0 Å². The van der Waals surface area contributed by atoms with Gasteiger partial charge in [0.15, 0.2) is 0 Å². The Bertz CT molecular complexity index is 284. The third-order valence-corrected chi connectivity index (χ3v) is 3.55. The summed E-state index contributed by atoms with van der Waals surface area (Å²) in [4.78, 5) is 27.3. The van der Waals surface area contributed by atoms with Gasteiger partial charge in [-0.05, 0) is 19.3 Å². The smallest absolute Gasteiger partial charge is 0.222 e. The van der Waals surface area contributed by atoms with Crippen molar-refractivity contribution in [3.8, 4) is 0 Å². The first kappa shape index (κ1) is 15.3. The molecular formula is C13H23ClN2O2. The maximum atomic E-state index is 12.0. The lowest BCUT2D eigenvalue weighted by Gasteiger charge is -2.22. The highest BCUT2D eigenvalue weighted by Crippen LogP contribution is 2.08. The first-order chi connectivity index (χ1) is 8.69. The lowest BCUT2D eigenvalue weighted by Crippen LogP contribution is -2.37. The molecule has 18 heavy (non-hydrogen) atoms. The molecule has 0 N–H and O–H groups in total. The van der Waals surface area contributed by atoms with Gasteiger partial charge in [0, 0.05) is 44.9 Å². The molecule has 1 fully saturated rings. The van der Waals surface area contributed by atoms with Gasteiger partial charge < -0.3 is 9.80 Å². The van der Waals surface area contributed by atoms with Crippen LogP contribution in [0.15, 0.2) is 0 Å². The van der Waals surface area contributed by atoms with Gasteiger partial charge in [0.25, 0.3) is 0 Å². The van der Waals surface area contributed by atoms with Gasteiger partial charge in [0.2, 0.25) is 11.8 Å². The minimum Gasteiger partial charge on any atom is -0.341 e. The molecule has 4 nitrogen and oxygen atoms in total. The van der Waals surface area contributed by atoms with Gasteiger partial charge in [0.05, 0.1) is 0 Å². The first-order valence-corrected chi connectivity index (χ1v) is 7.34.